The molecule has 0 radical (unpaired) electrons. The predicted molar refractivity (Wildman–Crippen MR) is 59.0 cm³/mol. The van der Waals surface area contributed by atoms with Crippen molar-refractivity contribution in [3.8, 4) is 0 Å². The van der Waals surface area contributed by atoms with Crippen LogP contribution in [0.5, 0.6) is 0 Å². The van der Waals surface area contributed by atoms with Crippen LogP contribution in [0.4, 0.5) is 18.9 Å². The van der Waals surface area contributed by atoms with E-state index in [9.17, 15) is 18.3 Å². The summed E-state index contributed by atoms with van der Waals surface area (Å²) in [4.78, 5) is 3.75. The molecule has 0 saturated carbocycles. The van der Waals surface area contributed by atoms with Gasteiger partial charge in [-0.05, 0) is 23.8 Å². The standard InChI is InChI=1S/C12H9F3N2O/c13-8-3-6(4-9(14)11(8)15)12(18)7-5-17-2-1-10(7)16/h1-5,12,18H,(H2,16,17). The summed E-state index contributed by atoms with van der Waals surface area (Å²) >= 11 is 0. The molecule has 0 spiro atoms. The summed E-state index contributed by atoms with van der Waals surface area (Å²) in [6, 6.07) is 2.87. The number of halogens is 3. The van der Waals surface area contributed by atoms with Gasteiger partial charge in [-0.3, -0.25) is 4.98 Å². The molecular weight excluding hydrogens is 245 g/mol. The molecule has 3 N–H and O–H groups in total. The Morgan fingerprint density at radius 3 is 2.33 bits per heavy atom. The minimum Gasteiger partial charge on any atom is -0.398 e. The molecule has 2 aromatic rings. The third-order valence-electron chi connectivity index (χ3n) is 2.50. The van der Waals surface area contributed by atoms with Gasteiger partial charge in [0, 0.05) is 23.6 Å². The van der Waals surface area contributed by atoms with E-state index in [4.69, 9.17) is 5.73 Å². The number of nitrogens with zero attached hydrogens (tertiary/aromatic N) is 1. The van der Waals surface area contributed by atoms with Gasteiger partial charge < -0.3 is 10.8 Å². The lowest BCUT2D eigenvalue weighted by Crippen LogP contribution is -2.06. The second-order valence-corrected chi connectivity index (χ2v) is 3.71. The third-order valence-corrected chi connectivity index (χ3v) is 2.50. The number of aromatic nitrogens is 1. The van der Waals surface area contributed by atoms with Gasteiger partial charge in [0.15, 0.2) is 17.5 Å². The molecule has 1 aromatic carbocycles. The average Bonchev–Trinajstić information content (AvgIpc) is 2.35. The fraction of sp³-hybridized carbons (Fsp3) is 0.0833. The van der Waals surface area contributed by atoms with Crippen molar-refractivity contribution in [3.05, 3.63) is 59.2 Å². The Balaban J connectivity index is 2.47. The molecule has 6 heteroatoms. The highest BCUT2D eigenvalue weighted by Gasteiger charge is 2.18. The van der Waals surface area contributed by atoms with Gasteiger partial charge >= 0.3 is 0 Å². The first-order valence-corrected chi connectivity index (χ1v) is 5.02. The summed E-state index contributed by atoms with van der Waals surface area (Å²) in [6.07, 6.45) is 1.32. The topological polar surface area (TPSA) is 59.1 Å². The molecule has 0 saturated heterocycles. The lowest BCUT2D eigenvalue weighted by atomic mass is 10.0. The fourth-order valence-electron chi connectivity index (χ4n) is 1.56. The minimum absolute atomic E-state index is 0.133. The summed E-state index contributed by atoms with van der Waals surface area (Å²) in [6.45, 7) is 0. The van der Waals surface area contributed by atoms with Crippen LogP contribution in [0.1, 0.15) is 17.2 Å². The van der Waals surface area contributed by atoms with Crippen LogP contribution in [0, 0.1) is 17.5 Å². The smallest absolute Gasteiger partial charge is 0.194 e. The second kappa shape index (κ2) is 4.66. The van der Waals surface area contributed by atoms with Crippen molar-refractivity contribution < 1.29 is 18.3 Å². The Morgan fingerprint density at radius 1 is 1.17 bits per heavy atom. The maximum atomic E-state index is 13.0. The van der Waals surface area contributed by atoms with Gasteiger partial charge in [0.2, 0.25) is 0 Å². The van der Waals surface area contributed by atoms with Crippen LogP contribution in [-0.4, -0.2) is 10.1 Å². The van der Waals surface area contributed by atoms with E-state index < -0.39 is 23.6 Å². The van der Waals surface area contributed by atoms with Crippen LogP contribution in [0.3, 0.4) is 0 Å². The lowest BCUT2D eigenvalue weighted by Gasteiger charge is -2.13. The van der Waals surface area contributed by atoms with E-state index in [1.54, 1.807) is 0 Å². The van der Waals surface area contributed by atoms with Gasteiger partial charge in [-0.15, -0.1) is 0 Å². The van der Waals surface area contributed by atoms with E-state index in [0.29, 0.717) is 0 Å². The van der Waals surface area contributed by atoms with E-state index in [1.165, 1.54) is 18.5 Å². The van der Waals surface area contributed by atoms with Gasteiger partial charge in [0.05, 0.1) is 0 Å². The molecule has 1 heterocycles. The van der Waals surface area contributed by atoms with Crippen molar-refractivity contribution in [1.29, 1.82) is 0 Å². The number of hydrogen-bond acceptors (Lipinski definition) is 3. The van der Waals surface area contributed by atoms with Crippen LogP contribution in [0.15, 0.2) is 30.6 Å². The minimum atomic E-state index is -1.58. The number of nitrogen functional groups attached to an aromatic ring is 1. The highest BCUT2D eigenvalue weighted by molar-refractivity contribution is 5.48. The maximum absolute atomic E-state index is 13.0. The summed E-state index contributed by atoms with van der Waals surface area (Å²) in [5.41, 5.74) is 5.89. The molecule has 94 valence electrons. The molecule has 18 heavy (non-hydrogen) atoms. The molecule has 0 bridgehead atoms. The van der Waals surface area contributed by atoms with Gasteiger partial charge in [0.25, 0.3) is 0 Å². The number of aliphatic hydroxyl groups is 1. The van der Waals surface area contributed by atoms with E-state index in [1.807, 2.05) is 0 Å². The number of nitrogens with two attached hydrogens (primary N) is 1. The molecular formula is C12H9F3N2O. The second-order valence-electron chi connectivity index (χ2n) is 3.71. The summed E-state index contributed by atoms with van der Waals surface area (Å²) < 4.78 is 38.9. The van der Waals surface area contributed by atoms with Gasteiger partial charge in [0.1, 0.15) is 6.10 Å². The largest absolute Gasteiger partial charge is 0.398 e. The quantitative estimate of drug-likeness (QED) is 0.807. The molecule has 2 rings (SSSR count). The van der Waals surface area contributed by atoms with E-state index in [2.05, 4.69) is 4.98 Å². The normalized spacial score (nSPS) is 12.4. The first-order valence-electron chi connectivity index (χ1n) is 5.02. The van der Waals surface area contributed by atoms with Crippen LogP contribution >= 0.6 is 0 Å². The molecule has 0 aliphatic heterocycles. The van der Waals surface area contributed by atoms with Crippen molar-refractivity contribution in [2.24, 2.45) is 0 Å². The molecule has 0 amide bonds. The van der Waals surface area contributed by atoms with Crippen LogP contribution in [0.2, 0.25) is 0 Å². The monoisotopic (exact) mass is 254 g/mol. The molecule has 1 atom stereocenters. The van der Waals surface area contributed by atoms with Gasteiger partial charge in [-0.2, -0.15) is 0 Å². The summed E-state index contributed by atoms with van der Waals surface area (Å²) in [5.74, 6) is -4.32. The van der Waals surface area contributed by atoms with Crippen molar-refractivity contribution in [3.63, 3.8) is 0 Å². The number of anilines is 1. The van der Waals surface area contributed by atoms with Crippen molar-refractivity contribution in [1.82, 2.24) is 4.98 Å². The number of benzene rings is 1. The Hall–Kier alpha value is -2.08. The Morgan fingerprint density at radius 2 is 1.78 bits per heavy atom. The van der Waals surface area contributed by atoms with Gasteiger partial charge in [-0.1, -0.05) is 0 Å². The maximum Gasteiger partial charge on any atom is 0.194 e. The summed E-state index contributed by atoms with van der Waals surface area (Å²) in [5, 5.41) is 9.94. The van der Waals surface area contributed by atoms with E-state index >= 15 is 0 Å². The number of pyridine rings is 1. The van der Waals surface area contributed by atoms with E-state index in [0.717, 1.165) is 12.1 Å². The zero-order valence-electron chi connectivity index (χ0n) is 9.07. The van der Waals surface area contributed by atoms with Crippen LogP contribution in [0.25, 0.3) is 0 Å². The van der Waals surface area contributed by atoms with Crippen LogP contribution < -0.4 is 5.73 Å². The zero-order valence-corrected chi connectivity index (χ0v) is 9.07. The predicted octanol–water partition coefficient (Wildman–Crippen LogP) is 2.16. The lowest BCUT2D eigenvalue weighted by molar-refractivity contribution is 0.219. The Labute approximate surface area is 101 Å². The molecule has 1 unspecified atom stereocenters. The highest BCUT2D eigenvalue weighted by atomic mass is 19.2. The molecule has 0 fully saturated rings. The first kappa shape index (κ1) is 12.4. The molecule has 0 aliphatic carbocycles. The van der Waals surface area contributed by atoms with Gasteiger partial charge in [-0.25, -0.2) is 13.2 Å². The van der Waals surface area contributed by atoms with Crippen LogP contribution in [-0.2, 0) is 0 Å². The number of rotatable bonds is 2. The van der Waals surface area contributed by atoms with E-state index in [-0.39, 0.29) is 16.8 Å². The first-order chi connectivity index (χ1) is 8.50. The van der Waals surface area contributed by atoms with Crippen molar-refractivity contribution in [2.75, 3.05) is 5.73 Å². The average molecular weight is 254 g/mol. The van der Waals surface area contributed by atoms with Crippen molar-refractivity contribution in [2.45, 2.75) is 6.10 Å². The summed E-state index contributed by atoms with van der Waals surface area (Å²) in [7, 11) is 0. The number of hydrogen-bond donors (Lipinski definition) is 2. The Bertz CT molecular complexity index is 566. The molecule has 3 nitrogen and oxygen atoms in total. The molecule has 1 aromatic heterocycles. The highest BCUT2D eigenvalue weighted by Crippen LogP contribution is 2.27. The number of aliphatic hydroxyl groups excluding tert-OH is 1. The third kappa shape index (κ3) is 2.14. The van der Waals surface area contributed by atoms with Crippen molar-refractivity contribution >= 4 is 5.69 Å². The fourth-order valence-corrected chi connectivity index (χ4v) is 1.56. The zero-order chi connectivity index (χ0) is 13.3. The SMILES string of the molecule is Nc1ccncc1C(O)c1cc(F)c(F)c(F)c1. The Kier molecular flexibility index (Phi) is 3.20. The molecule has 0 aliphatic rings.